The molecule has 0 radical (unpaired) electrons. The minimum Gasteiger partial charge on any atom is -0.308 e. The van der Waals surface area contributed by atoms with Crippen molar-refractivity contribution in [2.24, 2.45) is 16.7 Å². The van der Waals surface area contributed by atoms with Gasteiger partial charge in [0, 0.05) is 23.4 Å². The maximum atomic E-state index is 4.82. The summed E-state index contributed by atoms with van der Waals surface area (Å²) in [4.78, 5) is 4.82. The first kappa shape index (κ1) is 15.5. The lowest BCUT2D eigenvalue weighted by Gasteiger charge is -2.39. The zero-order valence-electron chi connectivity index (χ0n) is 14.4. The largest absolute Gasteiger partial charge is 0.308 e. The lowest BCUT2D eigenvalue weighted by Crippen LogP contribution is -2.44. The summed E-state index contributed by atoms with van der Waals surface area (Å²) in [5.41, 5.74) is 2.33. The summed E-state index contributed by atoms with van der Waals surface area (Å²) < 4.78 is 0. The van der Waals surface area contributed by atoms with Gasteiger partial charge in [-0.1, -0.05) is 41.5 Å². The first-order valence-electron chi connectivity index (χ1n) is 8.33. The number of rotatable bonds is 3. The van der Waals surface area contributed by atoms with Crippen LogP contribution >= 0.6 is 11.3 Å². The van der Waals surface area contributed by atoms with Gasteiger partial charge in [0.1, 0.15) is 0 Å². The molecule has 1 heterocycles. The number of hydrogen-bond donors (Lipinski definition) is 1. The van der Waals surface area contributed by atoms with Crippen molar-refractivity contribution in [1.82, 2.24) is 10.3 Å². The molecule has 0 aromatic carbocycles. The lowest BCUT2D eigenvalue weighted by molar-refractivity contribution is 0.120. The molecule has 0 spiro atoms. The van der Waals surface area contributed by atoms with Crippen molar-refractivity contribution < 1.29 is 0 Å². The minimum absolute atomic E-state index is 0.170. The van der Waals surface area contributed by atoms with E-state index in [0.717, 1.165) is 12.5 Å². The molecule has 3 heteroatoms. The first-order chi connectivity index (χ1) is 9.64. The summed E-state index contributed by atoms with van der Waals surface area (Å²) in [7, 11) is 0. The normalized spacial score (nSPS) is 34.6. The quantitative estimate of drug-likeness (QED) is 0.872. The molecule has 2 aliphatic rings. The number of fused-ring (bicyclic) bond motifs is 2. The maximum Gasteiger partial charge on any atom is 0.0982 e. The molecular formula is C18H30N2S. The highest BCUT2D eigenvalue weighted by molar-refractivity contribution is 7.09. The molecule has 0 amide bonds. The summed E-state index contributed by atoms with van der Waals surface area (Å²) in [6, 6.07) is 0.658. The SMILES string of the molecule is CC(C)(C)c1nc(CNC2CC3CCC2(C)C3(C)C)cs1. The molecule has 21 heavy (non-hydrogen) atoms. The van der Waals surface area contributed by atoms with Crippen LogP contribution in [0.5, 0.6) is 0 Å². The van der Waals surface area contributed by atoms with Gasteiger partial charge in [0.25, 0.3) is 0 Å². The summed E-state index contributed by atoms with van der Waals surface area (Å²) in [5, 5.41) is 7.31. The van der Waals surface area contributed by atoms with E-state index >= 15 is 0 Å². The molecule has 3 rings (SSSR count). The van der Waals surface area contributed by atoms with Crippen LogP contribution in [0.4, 0.5) is 0 Å². The Morgan fingerprint density at radius 1 is 1.33 bits per heavy atom. The van der Waals surface area contributed by atoms with Crippen LogP contribution in [0.25, 0.3) is 0 Å². The second-order valence-electron chi connectivity index (χ2n) is 8.94. The molecule has 2 bridgehead atoms. The number of thiazole rings is 1. The van der Waals surface area contributed by atoms with Gasteiger partial charge >= 0.3 is 0 Å². The van der Waals surface area contributed by atoms with Crippen molar-refractivity contribution in [3.05, 3.63) is 16.1 Å². The van der Waals surface area contributed by atoms with E-state index in [9.17, 15) is 0 Å². The van der Waals surface area contributed by atoms with Crippen LogP contribution in [0.3, 0.4) is 0 Å². The number of aromatic nitrogens is 1. The van der Waals surface area contributed by atoms with Gasteiger partial charge in [-0.2, -0.15) is 0 Å². The third-order valence-corrected chi connectivity index (χ3v) is 7.83. The molecular weight excluding hydrogens is 276 g/mol. The average molecular weight is 307 g/mol. The van der Waals surface area contributed by atoms with Crippen LogP contribution in [-0.4, -0.2) is 11.0 Å². The summed E-state index contributed by atoms with van der Waals surface area (Å²) in [6.45, 7) is 15.1. The number of nitrogens with zero attached hydrogens (tertiary/aromatic N) is 1. The molecule has 0 aliphatic heterocycles. The van der Waals surface area contributed by atoms with Crippen molar-refractivity contribution in [3.63, 3.8) is 0 Å². The summed E-state index contributed by atoms with van der Waals surface area (Å²) in [6.07, 6.45) is 4.15. The van der Waals surface area contributed by atoms with Gasteiger partial charge < -0.3 is 5.32 Å². The predicted molar refractivity (Wildman–Crippen MR) is 90.7 cm³/mol. The Hall–Kier alpha value is -0.410. The van der Waals surface area contributed by atoms with E-state index in [1.807, 2.05) is 0 Å². The van der Waals surface area contributed by atoms with E-state index < -0.39 is 0 Å². The molecule has 2 saturated carbocycles. The smallest absolute Gasteiger partial charge is 0.0982 e. The van der Waals surface area contributed by atoms with Crippen molar-refractivity contribution in [2.75, 3.05) is 0 Å². The van der Waals surface area contributed by atoms with E-state index in [0.29, 0.717) is 16.9 Å². The Kier molecular flexibility index (Phi) is 3.53. The first-order valence-corrected chi connectivity index (χ1v) is 9.21. The van der Waals surface area contributed by atoms with Gasteiger partial charge in [0.15, 0.2) is 0 Å². The van der Waals surface area contributed by atoms with Crippen LogP contribution in [0.2, 0.25) is 0 Å². The second kappa shape index (κ2) is 4.79. The Labute approximate surface area is 133 Å². The highest BCUT2D eigenvalue weighted by atomic mass is 32.1. The van der Waals surface area contributed by atoms with Crippen molar-refractivity contribution in [3.8, 4) is 0 Å². The van der Waals surface area contributed by atoms with E-state index in [-0.39, 0.29) is 5.41 Å². The molecule has 2 nitrogen and oxygen atoms in total. The Bertz CT molecular complexity index is 526. The Morgan fingerprint density at radius 3 is 2.52 bits per heavy atom. The molecule has 118 valence electrons. The molecule has 2 aliphatic carbocycles. The summed E-state index contributed by atoms with van der Waals surface area (Å²) in [5.74, 6) is 0.903. The Morgan fingerprint density at radius 2 is 2.05 bits per heavy atom. The number of nitrogens with one attached hydrogen (secondary N) is 1. The molecule has 1 aromatic rings. The van der Waals surface area contributed by atoms with Gasteiger partial charge in [-0.25, -0.2) is 4.98 Å². The van der Waals surface area contributed by atoms with Crippen LogP contribution < -0.4 is 5.32 Å². The zero-order chi connectivity index (χ0) is 15.5. The fraction of sp³-hybridized carbons (Fsp3) is 0.833. The van der Waals surface area contributed by atoms with Crippen molar-refractivity contribution in [1.29, 1.82) is 0 Å². The average Bonchev–Trinajstić information content (AvgIpc) is 2.97. The maximum absolute atomic E-state index is 4.82. The molecule has 3 atom stereocenters. The van der Waals surface area contributed by atoms with E-state index in [2.05, 4.69) is 52.2 Å². The van der Waals surface area contributed by atoms with Gasteiger partial charge in [0.2, 0.25) is 0 Å². The van der Waals surface area contributed by atoms with Crippen LogP contribution in [0.1, 0.15) is 71.5 Å². The molecule has 3 unspecified atom stereocenters. The van der Waals surface area contributed by atoms with Gasteiger partial charge in [-0.05, 0) is 36.0 Å². The van der Waals surface area contributed by atoms with Crippen LogP contribution in [0, 0.1) is 16.7 Å². The van der Waals surface area contributed by atoms with Crippen LogP contribution in [-0.2, 0) is 12.0 Å². The van der Waals surface area contributed by atoms with E-state index in [1.165, 1.54) is 30.0 Å². The second-order valence-corrected chi connectivity index (χ2v) is 9.80. The predicted octanol–water partition coefficient (Wildman–Crippen LogP) is 4.75. The standard InChI is InChI=1S/C18H30N2S/c1-16(2,3)15-20-13(11-21-15)10-19-14-9-12-7-8-18(14,6)17(12,4)5/h11-12,14,19H,7-10H2,1-6H3. The third kappa shape index (κ3) is 2.37. The van der Waals surface area contributed by atoms with Crippen LogP contribution in [0.15, 0.2) is 5.38 Å². The molecule has 1 N–H and O–H groups in total. The van der Waals surface area contributed by atoms with Gasteiger partial charge in [0.05, 0.1) is 10.7 Å². The van der Waals surface area contributed by atoms with Crippen molar-refractivity contribution in [2.45, 2.75) is 78.8 Å². The lowest BCUT2D eigenvalue weighted by atomic mass is 9.69. The fourth-order valence-electron chi connectivity index (χ4n) is 4.47. The molecule has 0 saturated heterocycles. The highest BCUT2D eigenvalue weighted by Gasteiger charge is 2.60. The van der Waals surface area contributed by atoms with Crippen molar-refractivity contribution >= 4 is 11.3 Å². The minimum atomic E-state index is 0.170. The Balaban J connectivity index is 1.66. The fourth-order valence-corrected chi connectivity index (χ4v) is 5.38. The monoisotopic (exact) mass is 306 g/mol. The molecule has 1 aromatic heterocycles. The topological polar surface area (TPSA) is 24.9 Å². The molecule has 2 fully saturated rings. The van der Waals surface area contributed by atoms with Gasteiger partial charge in [-0.15, -0.1) is 11.3 Å². The van der Waals surface area contributed by atoms with Gasteiger partial charge in [-0.3, -0.25) is 0 Å². The zero-order valence-corrected chi connectivity index (χ0v) is 15.2. The highest BCUT2D eigenvalue weighted by Crippen LogP contribution is 2.65. The van der Waals surface area contributed by atoms with E-state index in [4.69, 9.17) is 4.98 Å². The van der Waals surface area contributed by atoms with E-state index in [1.54, 1.807) is 11.3 Å². The summed E-state index contributed by atoms with van der Waals surface area (Å²) >= 11 is 1.80. The third-order valence-electron chi connectivity index (χ3n) is 6.52. The number of hydrogen-bond acceptors (Lipinski definition) is 3.